The van der Waals surface area contributed by atoms with Crippen LogP contribution in [0.15, 0.2) is 42.3 Å². The molecule has 3 aromatic heterocycles. The zero-order chi connectivity index (χ0) is 17.9. The lowest BCUT2D eigenvalue weighted by Gasteiger charge is -2.09. The van der Waals surface area contributed by atoms with Crippen LogP contribution in [0.5, 0.6) is 0 Å². The van der Waals surface area contributed by atoms with Crippen LogP contribution >= 0.6 is 0 Å². The van der Waals surface area contributed by atoms with E-state index >= 15 is 0 Å². The summed E-state index contributed by atoms with van der Waals surface area (Å²) in [4.78, 5) is 16.3. The number of nitrogens with zero attached hydrogens (tertiary/aromatic N) is 6. The summed E-state index contributed by atoms with van der Waals surface area (Å²) < 4.78 is 30.0. The van der Waals surface area contributed by atoms with Gasteiger partial charge in [-0.25, -0.2) is 33.1 Å². The molecule has 0 aliphatic heterocycles. The molecule has 0 unspecified atom stereocenters. The Hall–Kier alpha value is -2.79. The van der Waals surface area contributed by atoms with Gasteiger partial charge in [0.15, 0.2) is 5.03 Å². The molecule has 2 N–H and O–H groups in total. The van der Waals surface area contributed by atoms with E-state index in [-0.39, 0.29) is 11.6 Å². The molecule has 132 valence electrons. The van der Waals surface area contributed by atoms with Gasteiger partial charge in [0.05, 0.1) is 6.33 Å². The second kappa shape index (κ2) is 6.99. The van der Waals surface area contributed by atoms with Crippen LogP contribution in [0, 0.1) is 6.92 Å². The Balaban J connectivity index is 1.57. The molecule has 10 nitrogen and oxygen atoms in total. The largest absolute Gasteiger partial charge is 0.369 e. The van der Waals surface area contributed by atoms with Gasteiger partial charge in [0.1, 0.15) is 23.8 Å². The van der Waals surface area contributed by atoms with E-state index in [2.05, 4.69) is 30.0 Å². The number of rotatable bonds is 7. The van der Waals surface area contributed by atoms with E-state index in [0.29, 0.717) is 18.2 Å². The van der Waals surface area contributed by atoms with E-state index in [0.717, 1.165) is 5.82 Å². The van der Waals surface area contributed by atoms with Crippen molar-refractivity contribution in [1.82, 2.24) is 33.8 Å². The summed E-state index contributed by atoms with van der Waals surface area (Å²) in [5.74, 6) is 2.09. The molecule has 11 heteroatoms. The van der Waals surface area contributed by atoms with Crippen molar-refractivity contribution in [2.45, 2.75) is 11.9 Å². The van der Waals surface area contributed by atoms with E-state index < -0.39 is 10.0 Å². The molecule has 0 amide bonds. The van der Waals surface area contributed by atoms with Gasteiger partial charge in [-0.2, -0.15) is 0 Å². The van der Waals surface area contributed by atoms with Crippen LogP contribution in [0.1, 0.15) is 5.82 Å². The van der Waals surface area contributed by atoms with Crippen molar-refractivity contribution in [3.05, 3.63) is 43.1 Å². The third kappa shape index (κ3) is 4.00. The second-order valence-corrected chi connectivity index (χ2v) is 7.02. The molecular weight excluding hydrogens is 344 g/mol. The summed E-state index contributed by atoms with van der Waals surface area (Å²) in [7, 11) is -1.90. The number of aromatic nitrogens is 6. The number of hydrogen-bond donors (Lipinski definition) is 2. The molecule has 0 saturated carbocycles. The minimum atomic E-state index is -3.61. The third-order valence-corrected chi connectivity index (χ3v) is 4.75. The van der Waals surface area contributed by atoms with Crippen molar-refractivity contribution in [3.63, 3.8) is 0 Å². The summed E-state index contributed by atoms with van der Waals surface area (Å²) in [5, 5.41) is 3.05. The van der Waals surface area contributed by atoms with Crippen LogP contribution in [0.25, 0.3) is 5.82 Å². The lowest BCUT2D eigenvalue weighted by molar-refractivity contribution is 0.579. The van der Waals surface area contributed by atoms with Crippen LogP contribution in [0.3, 0.4) is 0 Å². The first kappa shape index (κ1) is 17.0. The predicted octanol–water partition coefficient (Wildman–Crippen LogP) is 0.0946. The normalized spacial score (nSPS) is 11.6. The maximum absolute atomic E-state index is 12.1. The SMILES string of the molecule is Cc1nccn1-c1cc(NCCNS(=O)(=O)c2cn(C)cn2)ncn1. The molecule has 0 aromatic carbocycles. The molecule has 0 saturated heterocycles. The van der Waals surface area contributed by atoms with Crippen molar-refractivity contribution in [2.24, 2.45) is 7.05 Å². The monoisotopic (exact) mass is 362 g/mol. The van der Waals surface area contributed by atoms with Gasteiger partial charge >= 0.3 is 0 Å². The number of anilines is 1. The summed E-state index contributed by atoms with van der Waals surface area (Å²) in [6.45, 7) is 2.44. The van der Waals surface area contributed by atoms with Gasteiger partial charge in [0, 0.05) is 44.8 Å². The highest BCUT2D eigenvalue weighted by molar-refractivity contribution is 7.89. The van der Waals surface area contributed by atoms with Crippen molar-refractivity contribution < 1.29 is 8.42 Å². The summed E-state index contributed by atoms with van der Waals surface area (Å²) in [5.41, 5.74) is 0. The number of imidazole rings is 2. The van der Waals surface area contributed by atoms with Crippen LogP contribution < -0.4 is 10.0 Å². The number of hydrogen-bond acceptors (Lipinski definition) is 7. The highest BCUT2D eigenvalue weighted by atomic mass is 32.2. The first-order valence-corrected chi connectivity index (χ1v) is 8.98. The summed E-state index contributed by atoms with van der Waals surface area (Å²) in [6, 6.07) is 1.77. The van der Waals surface area contributed by atoms with Gasteiger partial charge in [-0.05, 0) is 6.92 Å². The lowest BCUT2D eigenvalue weighted by atomic mass is 10.5. The first-order chi connectivity index (χ1) is 12.0. The zero-order valence-electron chi connectivity index (χ0n) is 13.8. The standard InChI is InChI=1S/C14H18N8O2S/c1-11-15-5-6-22(11)13-7-12(17-9-18-13)16-3-4-20-25(23,24)14-8-21(2)10-19-14/h5-10,20H,3-4H2,1-2H3,(H,16,17,18). The molecule has 0 aliphatic rings. The second-order valence-electron chi connectivity index (χ2n) is 5.31. The lowest BCUT2D eigenvalue weighted by Crippen LogP contribution is -2.29. The van der Waals surface area contributed by atoms with E-state index in [4.69, 9.17) is 0 Å². The Morgan fingerprint density at radius 2 is 2.00 bits per heavy atom. The van der Waals surface area contributed by atoms with Gasteiger partial charge < -0.3 is 9.88 Å². The van der Waals surface area contributed by atoms with Gasteiger partial charge in [-0.15, -0.1) is 0 Å². The summed E-state index contributed by atoms with van der Waals surface area (Å²) in [6.07, 6.45) is 7.82. The fourth-order valence-corrected chi connectivity index (χ4v) is 3.18. The quantitative estimate of drug-likeness (QED) is 0.572. The fourth-order valence-electron chi connectivity index (χ4n) is 2.17. The maximum Gasteiger partial charge on any atom is 0.259 e. The van der Waals surface area contributed by atoms with Crippen LogP contribution in [0.2, 0.25) is 0 Å². The topological polar surface area (TPSA) is 120 Å². The first-order valence-electron chi connectivity index (χ1n) is 7.49. The molecule has 0 fully saturated rings. The minimum absolute atomic E-state index is 0.00472. The Bertz CT molecular complexity index is 963. The van der Waals surface area contributed by atoms with Crippen molar-refractivity contribution in [3.8, 4) is 5.82 Å². The minimum Gasteiger partial charge on any atom is -0.369 e. The van der Waals surface area contributed by atoms with E-state index in [9.17, 15) is 8.42 Å². The molecule has 0 spiro atoms. The molecule has 3 heterocycles. The van der Waals surface area contributed by atoms with Gasteiger partial charge in [0.25, 0.3) is 10.0 Å². The van der Waals surface area contributed by atoms with Gasteiger partial charge in [-0.1, -0.05) is 0 Å². The smallest absolute Gasteiger partial charge is 0.259 e. The Morgan fingerprint density at radius 3 is 2.68 bits per heavy atom. The summed E-state index contributed by atoms with van der Waals surface area (Å²) >= 11 is 0. The van der Waals surface area contributed by atoms with Crippen LogP contribution in [0.4, 0.5) is 5.82 Å². The van der Waals surface area contributed by atoms with Crippen molar-refractivity contribution >= 4 is 15.8 Å². The zero-order valence-corrected chi connectivity index (χ0v) is 14.6. The third-order valence-electron chi connectivity index (χ3n) is 3.40. The molecule has 0 radical (unpaired) electrons. The average Bonchev–Trinajstić information content (AvgIpc) is 3.21. The van der Waals surface area contributed by atoms with E-state index in [1.54, 1.807) is 23.9 Å². The fraction of sp³-hybridized carbons (Fsp3) is 0.286. The molecule has 3 aromatic rings. The molecular formula is C14H18N8O2S. The number of sulfonamides is 1. The molecule has 3 rings (SSSR count). The number of aryl methyl sites for hydroxylation is 2. The number of nitrogens with one attached hydrogen (secondary N) is 2. The van der Waals surface area contributed by atoms with Gasteiger partial charge in [-0.3, -0.25) is 4.57 Å². The highest BCUT2D eigenvalue weighted by Crippen LogP contribution is 2.10. The Kier molecular flexibility index (Phi) is 4.76. The van der Waals surface area contributed by atoms with E-state index in [1.807, 2.05) is 17.7 Å². The van der Waals surface area contributed by atoms with Crippen molar-refractivity contribution in [1.29, 1.82) is 0 Å². The van der Waals surface area contributed by atoms with Gasteiger partial charge in [0.2, 0.25) is 0 Å². The van der Waals surface area contributed by atoms with E-state index in [1.165, 1.54) is 18.9 Å². The molecule has 25 heavy (non-hydrogen) atoms. The van der Waals surface area contributed by atoms with Crippen molar-refractivity contribution in [2.75, 3.05) is 18.4 Å². The maximum atomic E-state index is 12.1. The predicted molar refractivity (Wildman–Crippen MR) is 90.8 cm³/mol. The average molecular weight is 362 g/mol. The molecule has 0 aliphatic carbocycles. The molecule has 0 atom stereocenters. The van der Waals surface area contributed by atoms with Crippen LogP contribution in [-0.2, 0) is 17.1 Å². The Morgan fingerprint density at radius 1 is 1.16 bits per heavy atom. The highest BCUT2D eigenvalue weighted by Gasteiger charge is 2.15. The Labute approximate surface area is 145 Å². The molecule has 0 bridgehead atoms. The van der Waals surface area contributed by atoms with Crippen LogP contribution in [-0.4, -0.2) is 50.6 Å².